The van der Waals surface area contributed by atoms with E-state index in [1.165, 1.54) is 11.3 Å². The van der Waals surface area contributed by atoms with Crippen molar-refractivity contribution in [2.45, 2.75) is 6.42 Å². The SMILES string of the molecule is CNC(=O)CCNc1ncc(Cl)s1. The lowest BCUT2D eigenvalue weighted by atomic mass is 10.4. The lowest BCUT2D eigenvalue weighted by molar-refractivity contribution is -0.120. The van der Waals surface area contributed by atoms with Gasteiger partial charge in [-0.25, -0.2) is 4.98 Å². The Morgan fingerprint density at radius 1 is 1.77 bits per heavy atom. The molecule has 0 atom stereocenters. The molecule has 0 aromatic carbocycles. The Morgan fingerprint density at radius 2 is 2.54 bits per heavy atom. The molecule has 0 saturated heterocycles. The third-order valence-electron chi connectivity index (χ3n) is 1.38. The van der Waals surface area contributed by atoms with Gasteiger partial charge in [-0.2, -0.15) is 0 Å². The normalized spacial score (nSPS) is 9.69. The highest BCUT2D eigenvalue weighted by Crippen LogP contribution is 2.22. The molecule has 0 bridgehead atoms. The Morgan fingerprint density at radius 3 is 3.08 bits per heavy atom. The molecule has 0 aliphatic heterocycles. The van der Waals surface area contributed by atoms with Crippen molar-refractivity contribution in [2.75, 3.05) is 18.9 Å². The molecule has 6 heteroatoms. The van der Waals surface area contributed by atoms with Gasteiger partial charge < -0.3 is 10.6 Å². The molecule has 2 N–H and O–H groups in total. The van der Waals surface area contributed by atoms with E-state index in [-0.39, 0.29) is 5.91 Å². The molecule has 72 valence electrons. The van der Waals surface area contributed by atoms with Gasteiger partial charge in [-0.05, 0) is 0 Å². The Labute approximate surface area is 85.3 Å². The number of nitrogens with zero attached hydrogens (tertiary/aromatic N) is 1. The molecule has 1 rings (SSSR count). The maximum Gasteiger partial charge on any atom is 0.221 e. The predicted molar refractivity (Wildman–Crippen MR) is 54.3 cm³/mol. The van der Waals surface area contributed by atoms with Gasteiger partial charge in [0.1, 0.15) is 4.34 Å². The number of carbonyl (C=O) groups excluding carboxylic acids is 1. The van der Waals surface area contributed by atoms with Crippen LogP contribution in [-0.4, -0.2) is 24.5 Å². The summed E-state index contributed by atoms with van der Waals surface area (Å²) in [5.74, 6) is 0.00940. The third-order valence-corrected chi connectivity index (χ3v) is 2.46. The number of nitrogens with one attached hydrogen (secondary N) is 2. The van der Waals surface area contributed by atoms with Gasteiger partial charge in [0.2, 0.25) is 5.91 Å². The molecule has 0 saturated carbocycles. The number of amides is 1. The molecule has 0 aliphatic carbocycles. The zero-order valence-electron chi connectivity index (χ0n) is 7.13. The Hall–Kier alpha value is -0.810. The van der Waals surface area contributed by atoms with Gasteiger partial charge >= 0.3 is 0 Å². The van der Waals surface area contributed by atoms with Crippen LogP contribution in [0.5, 0.6) is 0 Å². The summed E-state index contributed by atoms with van der Waals surface area (Å²) in [6.07, 6.45) is 2.02. The van der Waals surface area contributed by atoms with Crippen LogP contribution in [0.4, 0.5) is 5.13 Å². The molecule has 0 unspecified atom stereocenters. The molecular weight excluding hydrogens is 210 g/mol. The van der Waals surface area contributed by atoms with Crippen LogP contribution in [0.25, 0.3) is 0 Å². The van der Waals surface area contributed by atoms with Crippen molar-refractivity contribution in [3.05, 3.63) is 10.5 Å². The quantitative estimate of drug-likeness (QED) is 0.804. The van der Waals surface area contributed by atoms with Gasteiger partial charge in [-0.15, -0.1) is 0 Å². The third kappa shape index (κ3) is 3.61. The van der Waals surface area contributed by atoms with Gasteiger partial charge in [0.15, 0.2) is 5.13 Å². The van der Waals surface area contributed by atoms with Gasteiger partial charge in [0, 0.05) is 20.0 Å². The van der Waals surface area contributed by atoms with Crippen molar-refractivity contribution >= 4 is 34.0 Å². The van der Waals surface area contributed by atoms with Crippen molar-refractivity contribution < 1.29 is 4.79 Å². The highest BCUT2D eigenvalue weighted by molar-refractivity contribution is 7.19. The van der Waals surface area contributed by atoms with E-state index in [2.05, 4.69) is 15.6 Å². The highest BCUT2D eigenvalue weighted by atomic mass is 35.5. The topological polar surface area (TPSA) is 54.0 Å². The number of anilines is 1. The van der Waals surface area contributed by atoms with Crippen LogP contribution < -0.4 is 10.6 Å². The van der Waals surface area contributed by atoms with Crippen LogP contribution in [0.15, 0.2) is 6.20 Å². The molecule has 0 aliphatic rings. The van der Waals surface area contributed by atoms with E-state index in [0.717, 1.165) is 5.13 Å². The number of hydrogen-bond acceptors (Lipinski definition) is 4. The standard InChI is InChI=1S/C7H10ClN3OS/c1-9-6(12)2-3-10-7-11-4-5(8)13-7/h4H,2-3H2,1H3,(H,9,12)(H,10,11). The second kappa shape index (κ2) is 5.04. The molecule has 1 aromatic rings. The van der Waals surface area contributed by atoms with Crippen molar-refractivity contribution in [2.24, 2.45) is 0 Å². The van der Waals surface area contributed by atoms with Crippen LogP contribution in [0.3, 0.4) is 0 Å². The maximum absolute atomic E-state index is 10.8. The van der Waals surface area contributed by atoms with Crippen molar-refractivity contribution in [3.63, 3.8) is 0 Å². The second-order valence-corrected chi connectivity index (χ2v) is 3.98. The highest BCUT2D eigenvalue weighted by Gasteiger charge is 2.00. The zero-order chi connectivity index (χ0) is 9.68. The van der Waals surface area contributed by atoms with Crippen LogP contribution in [0, 0.1) is 0 Å². The molecule has 13 heavy (non-hydrogen) atoms. The first kappa shape index (κ1) is 10.3. The minimum atomic E-state index is 0.00940. The Bertz CT molecular complexity index is 289. The van der Waals surface area contributed by atoms with E-state index in [1.54, 1.807) is 13.2 Å². The molecule has 0 spiro atoms. The molecule has 1 amide bonds. The van der Waals surface area contributed by atoms with Crippen molar-refractivity contribution in [1.82, 2.24) is 10.3 Å². The van der Waals surface area contributed by atoms with Crippen LogP contribution in [0.2, 0.25) is 4.34 Å². The average Bonchev–Trinajstić information content (AvgIpc) is 2.51. The number of rotatable bonds is 4. The van der Waals surface area contributed by atoms with E-state index in [9.17, 15) is 4.79 Å². The van der Waals surface area contributed by atoms with Gasteiger partial charge in [0.05, 0.1) is 6.20 Å². The maximum atomic E-state index is 10.8. The van der Waals surface area contributed by atoms with Crippen LogP contribution >= 0.6 is 22.9 Å². The van der Waals surface area contributed by atoms with E-state index >= 15 is 0 Å². The van der Waals surface area contributed by atoms with Crippen LogP contribution in [-0.2, 0) is 4.79 Å². The largest absolute Gasteiger partial charge is 0.361 e. The molecule has 1 heterocycles. The summed E-state index contributed by atoms with van der Waals surface area (Å²) < 4.78 is 0.641. The van der Waals surface area contributed by atoms with E-state index in [1.807, 2.05) is 0 Å². The van der Waals surface area contributed by atoms with Gasteiger partial charge in [-0.3, -0.25) is 4.79 Å². The number of halogens is 1. The average molecular weight is 220 g/mol. The van der Waals surface area contributed by atoms with Crippen molar-refractivity contribution in [1.29, 1.82) is 0 Å². The monoisotopic (exact) mass is 219 g/mol. The molecule has 4 nitrogen and oxygen atoms in total. The van der Waals surface area contributed by atoms with E-state index < -0.39 is 0 Å². The Balaban J connectivity index is 2.24. The summed E-state index contributed by atoms with van der Waals surface area (Å²) in [6, 6.07) is 0. The van der Waals surface area contributed by atoms with Crippen LogP contribution in [0.1, 0.15) is 6.42 Å². The number of thiazole rings is 1. The molecule has 1 aromatic heterocycles. The lowest BCUT2D eigenvalue weighted by Gasteiger charge is -2.00. The predicted octanol–water partition coefficient (Wildman–Crippen LogP) is 1.34. The smallest absolute Gasteiger partial charge is 0.221 e. The first-order chi connectivity index (χ1) is 6.22. The summed E-state index contributed by atoms with van der Waals surface area (Å²) in [4.78, 5) is 14.8. The Kier molecular flexibility index (Phi) is 3.98. The van der Waals surface area contributed by atoms with E-state index in [4.69, 9.17) is 11.6 Å². The minimum absolute atomic E-state index is 0.00940. The minimum Gasteiger partial charge on any atom is -0.361 e. The fourth-order valence-electron chi connectivity index (χ4n) is 0.744. The molecule has 0 radical (unpaired) electrons. The van der Waals surface area contributed by atoms with Gasteiger partial charge in [-0.1, -0.05) is 22.9 Å². The summed E-state index contributed by atoms with van der Waals surface area (Å²) in [6.45, 7) is 0.573. The number of hydrogen-bond donors (Lipinski definition) is 2. The van der Waals surface area contributed by atoms with Crippen molar-refractivity contribution in [3.8, 4) is 0 Å². The first-order valence-corrected chi connectivity index (χ1v) is 4.97. The summed E-state index contributed by atoms with van der Waals surface area (Å²) in [7, 11) is 1.61. The summed E-state index contributed by atoms with van der Waals surface area (Å²) >= 11 is 7.02. The number of aromatic nitrogens is 1. The summed E-state index contributed by atoms with van der Waals surface area (Å²) in [5, 5.41) is 6.27. The fourth-order valence-corrected chi connectivity index (χ4v) is 1.58. The summed E-state index contributed by atoms with van der Waals surface area (Å²) in [5.41, 5.74) is 0. The number of carbonyl (C=O) groups is 1. The molecule has 0 fully saturated rings. The molecular formula is C7H10ClN3OS. The second-order valence-electron chi connectivity index (χ2n) is 2.32. The van der Waals surface area contributed by atoms with Gasteiger partial charge in [0.25, 0.3) is 0 Å². The lowest BCUT2D eigenvalue weighted by Crippen LogP contribution is -2.20. The fraction of sp³-hybridized carbons (Fsp3) is 0.429. The van der Waals surface area contributed by atoms with E-state index in [0.29, 0.717) is 17.3 Å². The zero-order valence-corrected chi connectivity index (χ0v) is 8.71. The first-order valence-electron chi connectivity index (χ1n) is 3.78.